The lowest BCUT2D eigenvalue weighted by Crippen LogP contribution is -2.49. The van der Waals surface area contributed by atoms with E-state index in [2.05, 4.69) is 5.32 Å². The standard InChI is InChI=1S/C36H47N7O5/c1-35(2,3)47-33(45)41-18-15-26(29(44)23-41)20-37-30-19-31(43-32(39-30)28(21-38-43)25-11-12-25)42(34(46)48-36(4,5)6)22-24-9-13-27(14-10-24)40-16-7-8-17-40/h7-10,13-14,16-17,19,21,25-26,29,44H,11-12,15,18,20,22-23H2,1-6H3,(H,37,39)/t26-,29+/m1/s1. The molecule has 2 N–H and O–H groups in total. The highest BCUT2D eigenvalue weighted by atomic mass is 16.6. The fourth-order valence-corrected chi connectivity index (χ4v) is 5.89. The summed E-state index contributed by atoms with van der Waals surface area (Å²) in [6, 6.07) is 13.8. The predicted molar refractivity (Wildman–Crippen MR) is 184 cm³/mol. The first-order valence-electron chi connectivity index (χ1n) is 16.8. The van der Waals surface area contributed by atoms with Crippen molar-refractivity contribution >= 4 is 29.5 Å². The molecule has 48 heavy (non-hydrogen) atoms. The molecular weight excluding hydrogens is 610 g/mol. The number of nitrogens with zero attached hydrogens (tertiary/aromatic N) is 6. The molecule has 0 radical (unpaired) electrons. The number of nitrogens with one attached hydrogen (secondary N) is 1. The Labute approximate surface area is 281 Å². The number of aromatic nitrogens is 4. The molecule has 0 bridgehead atoms. The van der Waals surface area contributed by atoms with Crippen molar-refractivity contribution in [1.82, 2.24) is 24.1 Å². The number of likely N-dealkylation sites (tertiary alicyclic amines) is 1. The Hall–Kier alpha value is -4.58. The maximum Gasteiger partial charge on any atom is 0.416 e. The molecule has 12 heteroatoms. The number of carbonyl (C=O) groups excluding carboxylic acids is 2. The summed E-state index contributed by atoms with van der Waals surface area (Å²) in [5.41, 5.74) is 2.36. The number of rotatable bonds is 8. The van der Waals surface area contributed by atoms with Crippen LogP contribution < -0.4 is 10.2 Å². The highest BCUT2D eigenvalue weighted by Gasteiger charge is 2.34. The molecule has 4 heterocycles. The van der Waals surface area contributed by atoms with Gasteiger partial charge < -0.3 is 29.4 Å². The number of benzene rings is 1. The van der Waals surface area contributed by atoms with E-state index in [0.29, 0.717) is 42.7 Å². The molecule has 4 aromatic rings. The van der Waals surface area contributed by atoms with Crippen LogP contribution in [0.4, 0.5) is 21.2 Å². The van der Waals surface area contributed by atoms with Crippen LogP contribution in [0.1, 0.15) is 77.8 Å². The normalized spacial score (nSPS) is 18.5. The Morgan fingerprint density at radius 1 is 1.00 bits per heavy atom. The number of anilines is 2. The monoisotopic (exact) mass is 657 g/mol. The van der Waals surface area contributed by atoms with Gasteiger partial charge in [-0.25, -0.2) is 14.6 Å². The molecular formula is C36H47N7O5. The van der Waals surface area contributed by atoms with Crippen LogP contribution in [0.2, 0.25) is 0 Å². The van der Waals surface area contributed by atoms with Gasteiger partial charge in [0.2, 0.25) is 0 Å². The van der Waals surface area contributed by atoms with Gasteiger partial charge in [-0.2, -0.15) is 9.61 Å². The lowest BCUT2D eigenvalue weighted by atomic mass is 9.94. The third-order valence-corrected chi connectivity index (χ3v) is 8.49. The molecule has 256 valence electrons. The third kappa shape index (κ3) is 7.92. The van der Waals surface area contributed by atoms with E-state index in [0.717, 1.165) is 29.7 Å². The van der Waals surface area contributed by atoms with Gasteiger partial charge >= 0.3 is 12.2 Å². The summed E-state index contributed by atoms with van der Waals surface area (Å²) in [7, 11) is 0. The number of amides is 2. The molecule has 2 amide bonds. The lowest BCUT2D eigenvalue weighted by Gasteiger charge is -2.36. The van der Waals surface area contributed by atoms with Crippen LogP contribution in [0.3, 0.4) is 0 Å². The maximum atomic E-state index is 13.9. The quantitative estimate of drug-likeness (QED) is 0.224. The van der Waals surface area contributed by atoms with Gasteiger partial charge in [0.05, 0.1) is 25.4 Å². The molecule has 1 aliphatic carbocycles. The Kier molecular flexibility index (Phi) is 9.12. The summed E-state index contributed by atoms with van der Waals surface area (Å²) < 4.78 is 15.2. The summed E-state index contributed by atoms with van der Waals surface area (Å²) >= 11 is 0. The van der Waals surface area contributed by atoms with Gasteiger partial charge in [0.25, 0.3) is 0 Å². The molecule has 12 nitrogen and oxygen atoms in total. The summed E-state index contributed by atoms with van der Waals surface area (Å²) in [4.78, 5) is 34.6. The van der Waals surface area contributed by atoms with Gasteiger partial charge in [-0.1, -0.05) is 12.1 Å². The molecule has 0 spiro atoms. The van der Waals surface area contributed by atoms with Crippen molar-refractivity contribution in [1.29, 1.82) is 0 Å². The van der Waals surface area contributed by atoms with E-state index >= 15 is 0 Å². The van der Waals surface area contributed by atoms with E-state index in [1.165, 1.54) is 0 Å². The molecule has 0 unspecified atom stereocenters. The van der Waals surface area contributed by atoms with Crippen LogP contribution in [0.5, 0.6) is 0 Å². The Morgan fingerprint density at radius 3 is 2.31 bits per heavy atom. The average molecular weight is 658 g/mol. The topological polar surface area (TPSA) is 126 Å². The Balaban J connectivity index is 1.27. The van der Waals surface area contributed by atoms with Gasteiger partial charge in [0.15, 0.2) is 5.65 Å². The molecule has 6 rings (SSSR count). The minimum atomic E-state index is -0.730. The molecule has 2 aliphatic rings. The van der Waals surface area contributed by atoms with Crippen LogP contribution in [0.15, 0.2) is 61.1 Å². The van der Waals surface area contributed by atoms with Crippen molar-refractivity contribution in [3.8, 4) is 5.69 Å². The van der Waals surface area contributed by atoms with Crippen LogP contribution in [0, 0.1) is 5.92 Å². The first kappa shape index (κ1) is 33.3. The van der Waals surface area contributed by atoms with Crippen molar-refractivity contribution in [2.24, 2.45) is 5.92 Å². The summed E-state index contributed by atoms with van der Waals surface area (Å²) in [6.07, 6.45) is 6.93. The van der Waals surface area contributed by atoms with Crippen LogP contribution in [-0.4, -0.2) is 78.3 Å². The zero-order chi connectivity index (χ0) is 34.2. The highest BCUT2D eigenvalue weighted by Crippen LogP contribution is 2.42. The Bertz CT molecular complexity index is 1730. The summed E-state index contributed by atoms with van der Waals surface area (Å²) in [6.45, 7) is 12.4. The average Bonchev–Trinajstić information content (AvgIpc) is 3.52. The fraction of sp³-hybridized carbons (Fsp3) is 0.500. The minimum absolute atomic E-state index is 0.112. The second-order valence-electron chi connectivity index (χ2n) is 14.9. The van der Waals surface area contributed by atoms with Gasteiger partial charge in [0.1, 0.15) is 22.8 Å². The number of aliphatic hydroxyl groups excluding tert-OH is 1. The zero-order valence-electron chi connectivity index (χ0n) is 28.7. The second kappa shape index (κ2) is 13.1. The van der Waals surface area contributed by atoms with E-state index in [9.17, 15) is 14.7 Å². The highest BCUT2D eigenvalue weighted by molar-refractivity contribution is 5.88. The van der Waals surface area contributed by atoms with Crippen molar-refractivity contribution < 1.29 is 24.2 Å². The minimum Gasteiger partial charge on any atom is -0.444 e. The second-order valence-corrected chi connectivity index (χ2v) is 14.9. The number of hydrogen-bond donors (Lipinski definition) is 2. The molecule has 2 fully saturated rings. The van der Waals surface area contributed by atoms with Crippen molar-refractivity contribution in [3.05, 3.63) is 72.2 Å². The number of β-amino-alcohol motifs (C(OH)–C–C–N with tert-alkyl or cyclic N) is 1. The predicted octanol–water partition coefficient (Wildman–Crippen LogP) is 6.37. The fourth-order valence-electron chi connectivity index (χ4n) is 5.89. The van der Waals surface area contributed by atoms with E-state index in [1.54, 1.807) is 14.3 Å². The number of ether oxygens (including phenoxy) is 2. The van der Waals surface area contributed by atoms with Crippen LogP contribution in [-0.2, 0) is 16.0 Å². The van der Waals surface area contributed by atoms with Crippen LogP contribution >= 0.6 is 0 Å². The van der Waals surface area contributed by atoms with Crippen molar-refractivity contribution in [2.45, 2.75) is 90.6 Å². The maximum absolute atomic E-state index is 13.9. The summed E-state index contributed by atoms with van der Waals surface area (Å²) in [5, 5.41) is 19.1. The molecule has 1 aromatic carbocycles. The number of piperidine rings is 1. The van der Waals surface area contributed by atoms with E-state index in [-0.39, 0.29) is 19.0 Å². The van der Waals surface area contributed by atoms with Gasteiger partial charge in [-0.05, 0) is 96.6 Å². The largest absolute Gasteiger partial charge is 0.444 e. The first-order chi connectivity index (χ1) is 22.7. The molecule has 1 saturated carbocycles. The van der Waals surface area contributed by atoms with Crippen molar-refractivity contribution in [3.63, 3.8) is 0 Å². The first-order valence-corrected chi connectivity index (χ1v) is 16.8. The number of hydrogen-bond acceptors (Lipinski definition) is 8. The molecule has 1 saturated heterocycles. The number of fused-ring (bicyclic) bond motifs is 1. The van der Waals surface area contributed by atoms with Gasteiger partial charge in [-0.3, -0.25) is 4.90 Å². The number of aliphatic hydroxyl groups is 1. The van der Waals surface area contributed by atoms with Gasteiger partial charge in [0, 0.05) is 48.7 Å². The van der Waals surface area contributed by atoms with E-state index < -0.39 is 29.5 Å². The SMILES string of the molecule is CC(C)(C)OC(=O)N1CC[C@H](CNc2cc(N(Cc3ccc(-n4cccc4)cc3)C(=O)OC(C)(C)C)n3ncc(C4CC4)c3n2)[C@@H](O)C1. The number of carbonyl (C=O) groups is 2. The molecule has 1 aliphatic heterocycles. The third-order valence-electron chi connectivity index (χ3n) is 8.49. The lowest BCUT2D eigenvalue weighted by molar-refractivity contribution is -0.0104. The molecule has 3 aromatic heterocycles. The summed E-state index contributed by atoms with van der Waals surface area (Å²) in [5.74, 6) is 1.36. The van der Waals surface area contributed by atoms with E-state index in [1.807, 2.05) is 107 Å². The van der Waals surface area contributed by atoms with Gasteiger partial charge in [-0.15, -0.1) is 0 Å². The van der Waals surface area contributed by atoms with Crippen molar-refractivity contribution in [2.75, 3.05) is 29.9 Å². The zero-order valence-corrected chi connectivity index (χ0v) is 28.7. The molecule has 2 atom stereocenters. The Morgan fingerprint density at radius 2 is 1.69 bits per heavy atom. The smallest absolute Gasteiger partial charge is 0.416 e. The van der Waals surface area contributed by atoms with E-state index in [4.69, 9.17) is 19.6 Å². The van der Waals surface area contributed by atoms with Crippen LogP contribution in [0.25, 0.3) is 11.3 Å².